The minimum atomic E-state index is 0.102. The summed E-state index contributed by atoms with van der Waals surface area (Å²) in [5, 5.41) is 2.99. The van der Waals surface area contributed by atoms with Gasteiger partial charge in [-0.25, -0.2) is 0 Å². The number of pyridine rings is 1. The highest BCUT2D eigenvalue weighted by molar-refractivity contribution is 6.10. The van der Waals surface area contributed by atoms with Crippen LogP contribution in [0.4, 0.5) is 0 Å². The van der Waals surface area contributed by atoms with E-state index in [1.165, 1.54) is 11.1 Å². The van der Waals surface area contributed by atoms with Crippen LogP contribution in [-0.4, -0.2) is 4.57 Å². The molecule has 0 radical (unpaired) electrons. The molecule has 0 saturated heterocycles. The quantitative estimate of drug-likeness (QED) is 0.391. The Morgan fingerprint density at radius 1 is 0.682 bits per heavy atom. The maximum absolute atomic E-state index is 12.9. The molecule has 0 spiro atoms. The molecular weight excluding hydrogens is 270 g/mol. The van der Waals surface area contributed by atoms with Gasteiger partial charge in [0.1, 0.15) is 0 Å². The fourth-order valence-corrected chi connectivity index (χ4v) is 3.66. The lowest BCUT2D eigenvalue weighted by Crippen LogP contribution is -2.24. The van der Waals surface area contributed by atoms with Crippen molar-refractivity contribution >= 4 is 21.7 Å². The zero-order chi connectivity index (χ0) is 14.7. The first-order valence-corrected chi connectivity index (χ1v) is 7.47. The maximum atomic E-state index is 12.9. The highest BCUT2D eigenvalue weighted by Gasteiger charge is 2.20. The summed E-state index contributed by atoms with van der Waals surface area (Å²) < 4.78 is 1.93. The van der Waals surface area contributed by atoms with E-state index in [1.807, 2.05) is 34.9 Å². The third-order valence-corrected chi connectivity index (χ3v) is 4.63. The summed E-state index contributed by atoms with van der Waals surface area (Å²) in [6, 6.07) is 22.6. The van der Waals surface area contributed by atoms with E-state index in [0.717, 1.165) is 27.2 Å². The van der Waals surface area contributed by atoms with Gasteiger partial charge in [-0.2, -0.15) is 0 Å². The van der Waals surface area contributed by atoms with Crippen molar-refractivity contribution in [2.24, 2.45) is 0 Å². The van der Waals surface area contributed by atoms with Crippen LogP contribution in [0.1, 0.15) is 5.56 Å². The van der Waals surface area contributed by atoms with Crippen molar-refractivity contribution in [2.45, 2.75) is 6.54 Å². The number of fused-ring (bicyclic) bond motifs is 4. The summed E-state index contributed by atoms with van der Waals surface area (Å²) in [6.07, 6.45) is 0. The number of hydrogen-bond donors (Lipinski definition) is 0. The molecular formula is C20H13NO. The number of rotatable bonds is 0. The molecule has 2 heterocycles. The molecule has 104 valence electrons. The lowest BCUT2D eigenvalue weighted by atomic mass is 9.92. The first-order chi connectivity index (χ1) is 10.8. The first-order valence-electron chi connectivity index (χ1n) is 7.47. The summed E-state index contributed by atoms with van der Waals surface area (Å²) in [5.41, 5.74) is 4.76. The number of nitrogens with zero attached hydrogens (tertiary/aromatic N) is 1. The van der Waals surface area contributed by atoms with Crippen molar-refractivity contribution < 1.29 is 0 Å². The highest BCUT2D eigenvalue weighted by atomic mass is 16.1. The smallest absolute Gasteiger partial charge is 0.259 e. The molecule has 0 saturated carbocycles. The molecule has 1 aliphatic heterocycles. The topological polar surface area (TPSA) is 22.0 Å². The lowest BCUT2D eigenvalue weighted by Gasteiger charge is -2.23. The molecule has 2 heteroatoms. The standard InChI is InChI=1S/C20H13NO/c22-20-18-9-4-3-8-15(18)17-11-5-10-16-14-7-2-1-6-13(14)12-21(20)19(16)17/h1-11H,12H2. The van der Waals surface area contributed by atoms with E-state index in [0.29, 0.717) is 6.54 Å². The molecule has 4 aromatic rings. The zero-order valence-corrected chi connectivity index (χ0v) is 11.9. The van der Waals surface area contributed by atoms with Crippen LogP contribution >= 0.6 is 0 Å². The summed E-state index contributed by atoms with van der Waals surface area (Å²) in [6.45, 7) is 0.646. The summed E-state index contributed by atoms with van der Waals surface area (Å²) in [7, 11) is 0. The molecule has 0 unspecified atom stereocenters. The van der Waals surface area contributed by atoms with Crippen molar-refractivity contribution in [2.75, 3.05) is 0 Å². The van der Waals surface area contributed by atoms with E-state index in [2.05, 4.69) is 36.4 Å². The van der Waals surface area contributed by atoms with Crippen molar-refractivity contribution in [3.63, 3.8) is 0 Å². The molecule has 0 atom stereocenters. The van der Waals surface area contributed by atoms with Crippen LogP contribution in [0, 0.1) is 0 Å². The van der Waals surface area contributed by atoms with E-state index >= 15 is 0 Å². The van der Waals surface area contributed by atoms with Crippen molar-refractivity contribution in [1.29, 1.82) is 0 Å². The summed E-state index contributed by atoms with van der Waals surface area (Å²) in [4.78, 5) is 12.9. The molecule has 0 amide bonds. The number of benzene rings is 3. The Morgan fingerprint density at radius 2 is 1.36 bits per heavy atom. The van der Waals surface area contributed by atoms with Gasteiger partial charge in [0.25, 0.3) is 5.56 Å². The van der Waals surface area contributed by atoms with Crippen LogP contribution in [0.25, 0.3) is 32.8 Å². The SMILES string of the molecule is O=c1c2ccccc2c2cccc3c2n1Cc1ccccc1-3. The van der Waals surface area contributed by atoms with Crippen LogP contribution < -0.4 is 5.56 Å². The second kappa shape index (κ2) is 4.08. The minimum Gasteiger partial charge on any atom is -0.303 e. The van der Waals surface area contributed by atoms with E-state index < -0.39 is 0 Å². The van der Waals surface area contributed by atoms with Crippen molar-refractivity contribution in [1.82, 2.24) is 4.57 Å². The van der Waals surface area contributed by atoms with Crippen molar-refractivity contribution in [3.05, 3.63) is 82.6 Å². The second-order valence-electron chi connectivity index (χ2n) is 5.80. The van der Waals surface area contributed by atoms with Crippen molar-refractivity contribution in [3.8, 4) is 11.1 Å². The second-order valence-corrected chi connectivity index (χ2v) is 5.80. The predicted octanol–water partition coefficient (Wildman–Crippen LogP) is 4.18. The molecule has 22 heavy (non-hydrogen) atoms. The fourth-order valence-electron chi connectivity index (χ4n) is 3.66. The van der Waals surface area contributed by atoms with E-state index in [-0.39, 0.29) is 5.56 Å². The van der Waals surface area contributed by atoms with Gasteiger partial charge in [-0.05, 0) is 22.6 Å². The third kappa shape index (κ3) is 1.37. The minimum absolute atomic E-state index is 0.102. The molecule has 0 fully saturated rings. The van der Waals surface area contributed by atoms with Gasteiger partial charge in [0.15, 0.2) is 0 Å². The molecule has 2 nitrogen and oxygen atoms in total. The van der Waals surface area contributed by atoms with E-state index in [1.54, 1.807) is 0 Å². The molecule has 5 rings (SSSR count). The Morgan fingerprint density at radius 3 is 2.27 bits per heavy atom. The number of hydrogen-bond acceptors (Lipinski definition) is 1. The summed E-state index contributed by atoms with van der Waals surface area (Å²) in [5.74, 6) is 0. The molecule has 0 bridgehead atoms. The van der Waals surface area contributed by atoms with Crippen LogP contribution in [-0.2, 0) is 6.54 Å². The van der Waals surface area contributed by atoms with Crippen LogP contribution in [0.5, 0.6) is 0 Å². The van der Waals surface area contributed by atoms with Gasteiger partial charge < -0.3 is 4.57 Å². The van der Waals surface area contributed by atoms with E-state index in [9.17, 15) is 4.79 Å². The Labute approximate surface area is 127 Å². The lowest BCUT2D eigenvalue weighted by molar-refractivity contribution is 0.795. The van der Waals surface area contributed by atoms with Gasteiger partial charge in [-0.3, -0.25) is 4.79 Å². The molecule has 3 aromatic carbocycles. The van der Waals surface area contributed by atoms with Gasteiger partial charge in [0, 0.05) is 16.3 Å². The largest absolute Gasteiger partial charge is 0.303 e. The highest BCUT2D eigenvalue weighted by Crippen LogP contribution is 2.37. The van der Waals surface area contributed by atoms with Gasteiger partial charge in [-0.1, -0.05) is 60.7 Å². The Bertz CT molecular complexity index is 1120. The monoisotopic (exact) mass is 283 g/mol. The number of para-hydroxylation sites is 1. The van der Waals surface area contributed by atoms with Crippen LogP contribution in [0.2, 0.25) is 0 Å². The zero-order valence-electron chi connectivity index (χ0n) is 11.9. The average molecular weight is 283 g/mol. The maximum Gasteiger partial charge on any atom is 0.259 e. The van der Waals surface area contributed by atoms with Gasteiger partial charge >= 0.3 is 0 Å². The first kappa shape index (κ1) is 11.8. The van der Waals surface area contributed by atoms with Gasteiger partial charge in [0.05, 0.1) is 12.1 Å². The molecule has 1 aliphatic rings. The van der Waals surface area contributed by atoms with Gasteiger partial charge in [0.2, 0.25) is 0 Å². The molecule has 0 N–H and O–H groups in total. The number of aromatic nitrogens is 1. The summed E-state index contributed by atoms with van der Waals surface area (Å²) >= 11 is 0. The van der Waals surface area contributed by atoms with Gasteiger partial charge in [-0.15, -0.1) is 0 Å². The Kier molecular flexibility index (Phi) is 2.18. The fraction of sp³-hybridized carbons (Fsp3) is 0.0500. The Balaban J connectivity index is 2.10. The molecule has 0 aliphatic carbocycles. The molecule has 1 aromatic heterocycles. The normalized spacial score (nSPS) is 12.5. The predicted molar refractivity (Wildman–Crippen MR) is 90.3 cm³/mol. The Hall–Kier alpha value is -2.87. The average Bonchev–Trinajstić information content (AvgIpc) is 2.59. The third-order valence-electron chi connectivity index (χ3n) is 4.63. The van der Waals surface area contributed by atoms with Crippen LogP contribution in [0.3, 0.4) is 0 Å². The van der Waals surface area contributed by atoms with E-state index in [4.69, 9.17) is 0 Å². The van der Waals surface area contributed by atoms with Crippen LogP contribution in [0.15, 0.2) is 71.5 Å².